The summed E-state index contributed by atoms with van der Waals surface area (Å²) in [5.74, 6) is -0.559. The van der Waals surface area contributed by atoms with Gasteiger partial charge in [0.15, 0.2) is 5.82 Å². The first-order valence-electron chi connectivity index (χ1n) is 5.96. The van der Waals surface area contributed by atoms with Gasteiger partial charge in [0.1, 0.15) is 10.7 Å². The molecule has 2 aromatic heterocycles. The van der Waals surface area contributed by atoms with Crippen LogP contribution in [0.2, 0.25) is 0 Å². The molecule has 2 rings (SSSR count). The molecule has 0 aliphatic carbocycles. The van der Waals surface area contributed by atoms with Crippen LogP contribution in [0.5, 0.6) is 0 Å². The summed E-state index contributed by atoms with van der Waals surface area (Å²) in [5, 5.41) is 2.85. The fourth-order valence-electron chi connectivity index (χ4n) is 1.58. The molecular weight excluding hydrogens is 363 g/mol. The van der Waals surface area contributed by atoms with Gasteiger partial charge in [-0.05, 0) is 35.0 Å². The van der Waals surface area contributed by atoms with Crippen LogP contribution in [0.4, 0.5) is 15.9 Å². The second kappa shape index (κ2) is 6.35. The molecule has 21 heavy (non-hydrogen) atoms. The number of hydrogen-bond donors (Lipinski definition) is 2. The summed E-state index contributed by atoms with van der Waals surface area (Å²) in [6, 6.07) is 2.64. The number of rotatable bonds is 5. The van der Waals surface area contributed by atoms with Crippen molar-refractivity contribution in [2.75, 3.05) is 16.6 Å². The van der Waals surface area contributed by atoms with E-state index in [1.807, 2.05) is 6.92 Å². The fraction of sp³-hybridized carbons (Fsp3) is 0.167. The summed E-state index contributed by atoms with van der Waals surface area (Å²) >= 11 is 3.17. The lowest BCUT2D eigenvalue weighted by molar-refractivity contribution is 0.598. The Kier molecular flexibility index (Phi) is 4.73. The number of aromatic nitrogens is 2. The Hall–Kier alpha value is -1.74. The second-order valence-corrected chi connectivity index (χ2v) is 6.56. The lowest BCUT2D eigenvalue weighted by Gasteiger charge is -2.12. The summed E-state index contributed by atoms with van der Waals surface area (Å²) in [6.45, 7) is 2.32. The first-order valence-corrected chi connectivity index (χ1v) is 8.23. The van der Waals surface area contributed by atoms with Crippen LogP contribution < -0.4 is 10.0 Å². The fourth-order valence-corrected chi connectivity index (χ4v) is 3.29. The molecule has 0 unspecified atom stereocenters. The minimum absolute atomic E-state index is 0.0741. The molecule has 0 radical (unpaired) electrons. The normalized spacial score (nSPS) is 11.2. The monoisotopic (exact) mass is 374 g/mol. The number of pyridine rings is 2. The van der Waals surface area contributed by atoms with Gasteiger partial charge < -0.3 is 5.32 Å². The van der Waals surface area contributed by atoms with E-state index in [2.05, 4.69) is 35.9 Å². The molecule has 112 valence electrons. The summed E-state index contributed by atoms with van der Waals surface area (Å²) < 4.78 is 41.0. The van der Waals surface area contributed by atoms with Crippen LogP contribution >= 0.6 is 15.9 Å². The van der Waals surface area contributed by atoms with Crippen LogP contribution in [0.3, 0.4) is 0 Å². The zero-order chi connectivity index (χ0) is 15.5. The number of hydrogen-bond acceptors (Lipinski definition) is 5. The lowest BCUT2D eigenvalue weighted by atomic mass is 10.4. The predicted octanol–water partition coefficient (Wildman–Crippen LogP) is 2.61. The third-order valence-corrected chi connectivity index (χ3v) is 4.28. The highest BCUT2D eigenvalue weighted by atomic mass is 79.9. The number of halogens is 2. The Morgan fingerprint density at radius 3 is 2.81 bits per heavy atom. The van der Waals surface area contributed by atoms with Gasteiger partial charge in [-0.3, -0.25) is 9.71 Å². The molecule has 0 aromatic carbocycles. The van der Waals surface area contributed by atoms with Gasteiger partial charge in [0, 0.05) is 23.4 Å². The average molecular weight is 375 g/mol. The third-order valence-electron chi connectivity index (χ3n) is 2.47. The quantitative estimate of drug-likeness (QED) is 0.840. The van der Waals surface area contributed by atoms with Crippen LogP contribution in [0.25, 0.3) is 0 Å². The Morgan fingerprint density at radius 1 is 1.38 bits per heavy atom. The molecule has 2 heterocycles. The highest BCUT2D eigenvalue weighted by molar-refractivity contribution is 9.10. The first kappa shape index (κ1) is 15.6. The average Bonchev–Trinajstić information content (AvgIpc) is 2.43. The molecule has 0 amide bonds. The molecule has 2 aromatic rings. The van der Waals surface area contributed by atoms with Gasteiger partial charge in [-0.25, -0.2) is 17.8 Å². The minimum Gasteiger partial charge on any atom is -0.369 e. The molecule has 0 spiro atoms. The van der Waals surface area contributed by atoms with E-state index in [4.69, 9.17) is 0 Å². The SMILES string of the molecule is CCNc1ncc(Br)cc1S(=O)(=O)Nc1ccncc1F. The Bertz CT molecular complexity index is 755. The van der Waals surface area contributed by atoms with Gasteiger partial charge in [0.05, 0.1) is 11.9 Å². The van der Waals surface area contributed by atoms with E-state index in [9.17, 15) is 12.8 Å². The summed E-state index contributed by atoms with van der Waals surface area (Å²) in [5.41, 5.74) is -0.174. The third kappa shape index (κ3) is 3.67. The Balaban J connectivity index is 2.44. The molecule has 0 saturated heterocycles. The molecule has 0 aliphatic rings. The zero-order valence-electron chi connectivity index (χ0n) is 11.0. The highest BCUT2D eigenvalue weighted by Gasteiger charge is 2.21. The van der Waals surface area contributed by atoms with Crippen molar-refractivity contribution in [1.29, 1.82) is 0 Å². The maximum absolute atomic E-state index is 13.5. The van der Waals surface area contributed by atoms with Crippen LogP contribution in [-0.4, -0.2) is 24.9 Å². The van der Waals surface area contributed by atoms with Crippen molar-refractivity contribution < 1.29 is 12.8 Å². The smallest absolute Gasteiger partial charge is 0.265 e. The van der Waals surface area contributed by atoms with E-state index in [-0.39, 0.29) is 16.4 Å². The van der Waals surface area contributed by atoms with Crippen LogP contribution in [-0.2, 0) is 10.0 Å². The topological polar surface area (TPSA) is 84.0 Å². The van der Waals surface area contributed by atoms with Gasteiger partial charge in [-0.15, -0.1) is 0 Å². The van der Waals surface area contributed by atoms with E-state index in [0.29, 0.717) is 11.0 Å². The number of anilines is 2. The first-order chi connectivity index (χ1) is 9.94. The van der Waals surface area contributed by atoms with Crippen molar-refractivity contribution in [3.8, 4) is 0 Å². The second-order valence-electron chi connectivity index (χ2n) is 3.99. The molecule has 0 aliphatic heterocycles. The van der Waals surface area contributed by atoms with Crippen molar-refractivity contribution in [1.82, 2.24) is 9.97 Å². The molecule has 6 nitrogen and oxygen atoms in total. The van der Waals surface area contributed by atoms with Crippen molar-refractivity contribution in [3.05, 3.63) is 41.0 Å². The van der Waals surface area contributed by atoms with Gasteiger partial charge in [-0.2, -0.15) is 0 Å². The lowest BCUT2D eigenvalue weighted by Crippen LogP contribution is -2.17. The van der Waals surface area contributed by atoms with Crippen molar-refractivity contribution in [2.45, 2.75) is 11.8 Å². The summed E-state index contributed by atoms with van der Waals surface area (Å²) in [7, 11) is -3.98. The van der Waals surface area contributed by atoms with Gasteiger partial charge in [0.25, 0.3) is 10.0 Å². The maximum atomic E-state index is 13.5. The number of sulfonamides is 1. The van der Waals surface area contributed by atoms with Crippen LogP contribution in [0.15, 0.2) is 40.1 Å². The van der Waals surface area contributed by atoms with E-state index in [0.717, 1.165) is 6.20 Å². The molecular formula is C12H12BrFN4O2S. The largest absolute Gasteiger partial charge is 0.369 e. The Morgan fingerprint density at radius 2 is 2.14 bits per heavy atom. The molecule has 0 atom stereocenters. The van der Waals surface area contributed by atoms with E-state index in [1.165, 1.54) is 24.5 Å². The minimum atomic E-state index is -3.98. The molecule has 0 saturated carbocycles. The number of nitrogens with one attached hydrogen (secondary N) is 2. The zero-order valence-corrected chi connectivity index (χ0v) is 13.4. The van der Waals surface area contributed by atoms with Gasteiger partial charge in [-0.1, -0.05) is 0 Å². The van der Waals surface area contributed by atoms with Crippen molar-refractivity contribution in [3.63, 3.8) is 0 Å². The summed E-state index contributed by atoms with van der Waals surface area (Å²) in [4.78, 5) is 7.51. The van der Waals surface area contributed by atoms with E-state index in [1.54, 1.807) is 0 Å². The standard InChI is InChI=1S/C12H12BrFN4O2S/c1-2-16-12-11(5-8(13)6-17-12)21(19,20)18-10-3-4-15-7-9(10)14/h3-7H,2H2,1H3,(H,15,18)(H,16,17). The van der Waals surface area contributed by atoms with E-state index >= 15 is 0 Å². The maximum Gasteiger partial charge on any atom is 0.265 e. The van der Waals surface area contributed by atoms with Crippen molar-refractivity contribution >= 4 is 37.5 Å². The van der Waals surface area contributed by atoms with Crippen molar-refractivity contribution in [2.24, 2.45) is 0 Å². The number of nitrogens with zero attached hydrogens (tertiary/aromatic N) is 2. The molecule has 0 fully saturated rings. The van der Waals surface area contributed by atoms with Crippen LogP contribution in [0, 0.1) is 5.82 Å². The summed E-state index contributed by atoms with van der Waals surface area (Å²) in [6.07, 6.45) is 3.71. The van der Waals surface area contributed by atoms with E-state index < -0.39 is 15.8 Å². The predicted molar refractivity (Wildman–Crippen MR) is 81.1 cm³/mol. The molecule has 2 N–H and O–H groups in total. The molecule has 0 bridgehead atoms. The van der Waals surface area contributed by atoms with Crippen LogP contribution in [0.1, 0.15) is 6.92 Å². The van der Waals surface area contributed by atoms with Gasteiger partial charge in [0.2, 0.25) is 0 Å². The Labute approximate surface area is 130 Å². The molecule has 9 heteroatoms. The highest BCUT2D eigenvalue weighted by Crippen LogP contribution is 2.25. The van der Waals surface area contributed by atoms with Gasteiger partial charge >= 0.3 is 0 Å².